The Labute approximate surface area is 164 Å². The van der Waals surface area contributed by atoms with Crippen LogP contribution in [0.1, 0.15) is 21.7 Å². The molecule has 0 radical (unpaired) electrons. The molecule has 0 fully saturated rings. The van der Waals surface area contributed by atoms with E-state index in [-0.39, 0.29) is 16.5 Å². The van der Waals surface area contributed by atoms with Crippen LogP contribution in [0.4, 0.5) is 0 Å². The molecule has 2 heterocycles. The zero-order valence-corrected chi connectivity index (χ0v) is 16.0. The lowest BCUT2D eigenvalue weighted by atomic mass is 10.0. The molecule has 0 atom stereocenters. The third kappa shape index (κ3) is 3.19. The molecule has 0 aliphatic heterocycles. The predicted octanol–water partition coefficient (Wildman–Crippen LogP) is 3.55. The van der Waals surface area contributed by atoms with Gasteiger partial charge in [0.05, 0.1) is 24.1 Å². The number of benzene rings is 2. The minimum absolute atomic E-state index is 0.00228. The summed E-state index contributed by atoms with van der Waals surface area (Å²) in [6.45, 7) is 0.738. The maximum Gasteiger partial charge on any atom is 0.337 e. The number of thiophene rings is 1. The molecule has 6 nitrogen and oxygen atoms in total. The number of methoxy groups -OCH3 is 1. The number of nitrogens with zero attached hydrogens (tertiary/aromatic N) is 2. The maximum atomic E-state index is 13.3. The van der Waals surface area contributed by atoms with Crippen molar-refractivity contribution in [3.63, 3.8) is 0 Å². The van der Waals surface area contributed by atoms with E-state index >= 15 is 0 Å². The molecule has 0 spiro atoms. The van der Waals surface area contributed by atoms with E-state index in [9.17, 15) is 14.7 Å². The van der Waals surface area contributed by atoms with E-state index in [2.05, 4.69) is 4.98 Å². The molecule has 0 saturated heterocycles. The average molecular weight is 394 g/mol. The molecular weight excluding hydrogens is 376 g/mol. The number of hydrogen-bond acceptors (Lipinski definition) is 5. The Morgan fingerprint density at radius 2 is 2.00 bits per heavy atom. The van der Waals surface area contributed by atoms with Crippen LogP contribution in [0.2, 0.25) is 0 Å². The number of ether oxygens (including phenoxy) is 1. The second kappa shape index (κ2) is 7.53. The first kappa shape index (κ1) is 18.3. The number of carboxylic acid groups (broad SMARTS) is 1. The zero-order chi connectivity index (χ0) is 19.7. The van der Waals surface area contributed by atoms with Crippen LogP contribution in [-0.4, -0.2) is 34.3 Å². The van der Waals surface area contributed by atoms with Gasteiger partial charge in [-0.2, -0.15) is 0 Å². The second-order valence-electron chi connectivity index (χ2n) is 6.44. The molecule has 2 aromatic carbocycles. The van der Waals surface area contributed by atoms with Crippen molar-refractivity contribution >= 4 is 38.3 Å². The van der Waals surface area contributed by atoms with Crippen LogP contribution < -0.4 is 5.56 Å². The first-order chi connectivity index (χ1) is 13.6. The van der Waals surface area contributed by atoms with Gasteiger partial charge in [-0.3, -0.25) is 9.36 Å². The van der Waals surface area contributed by atoms with Gasteiger partial charge in [0.1, 0.15) is 10.7 Å². The molecule has 0 bridgehead atoms. The van der Waals surface area contributed by atoms with Gasteiger partial charge in [-0.1, -0.05) is 42.5 Å². The third-order valence-corrected chi connectivity index (χ3v) is 5.61. The van der Waals surface area contributed by atoms with Crippen molar-refractivity contribution in [3.05, 3.63) is 75.1 Å². The van der Waals surface area contributed by atoms with Gasteiger partial charge >= 0.3 is 5.97 Å². The van der Waals surface area contributed by atoms with Gasteiger partial charge in [0, 0.05) is 18.9 Å². The Balaban J connectivity index is 1.92. The normalized spacial score (nSPS) is 11.3. The van der Waals surface area contributed by atoms with Crippen molar-refractivity contribution in [1.82, 2.24) is 9.55 Å². The summed E-state index contributed by atoms with van der Waals surface area (Å²) in [4.78, 5) is 29.8. The van der Waals surface area contributed by atoms with Crippen LogP contribution in [-0.2, 0) is 17.7 Å². The molecule has 1 N–H and O–H groups in total. The Kier molecular flexibility index (Phi) is 4.93. The van der Waals surface area contributed by atoms with Crippen LogP contribution in [0.15, 0.2) is 52.6 Å². The fraction of sp³-hybridized carbons (Fsp3) is 0.190. The first-order valence-electron chi connectivity index (χ1n) is 8.80. The summed E-state index contributed by atoms with van der Waals surface area (Å²) < 4.78 is 6.74. The standard InChI is InChI=1S/C21H18N2O4S/c1-27-10-9-17-22-19-18(16(12-28-19)21(25)26)20(24)23(17)11-14-7-4-6-13-5-2-3-8-15(13)14/h2-8,12H,9-11H2,1H3,(H,25,26). The maximum absolute atomic E-state index is 13.3. The summed E-state index contributed by atoms with van der Waals surface area (Å²) in [5.41, 5.74) is 0.650. The molecule has 0 unspecified atom stereocenters. The summed E-state index contributed by atoms with van der Waals surface area (Å²) in [5.74, 6) is -0.530. The van der Waals surface area contributed by atoms with Crippen molar-refractivity contribution in [2.75, 3.05) is 13.7 Å². The van der Waals surface area contributed by atoms with E-state index in [1.807, 2.05) is 42.5 Å². The summed E-state index contributed by atoms with van der Waals surface area (Å²) in [5, 5.41) is 13.2. The van der Waals surface area contributed by atoms with Gasteiger partial charge in [-0.05, 0) is 16.3 Å². The first-order valence-corrected chi connectivity index (χ1v) is 9.68. The highest BCUT2D eigenvalue weighted by Gasteiger charge is 2.20. The van der Waals surface area contributed by atoms with Crippen molar-refractivity contribution in [2.45, 2.75) is 13.0 Å². The van der Waals surface area contributed by atoms with E-state index in [0.29, 0.717) is 30.2 Å². The second-order valence-corrected chi connectivity index (χ2v) is 7.29. The number of carboxylic acids is 1. The van der Waals surface area contributed by atoms with Crippen molar-refractivity contribution in [2.24, 2.45) is 0 Å². The molecule has 2 aromatic heterocycles. The van der Waals surface area contributed by atoms with Gasteiger partial charge in [0.2, 0.25) is 0 Å². The molecule has 0 saturated carbocycles. The fourth-order valence-electron chi connectivity index (χ4n) is 3.37. The van der Waals surface area contributed by atoms with Crippen molar-refractivity contribution in [1.29, 1.82) is 0 Å². The number of aromatic carboxylic acids is 1. The van der Waals surface area contributed by atoms with Crippen LogP contribution in [0.5, 0.6) is 0 Å². The van der Waals surface area contributed by atoms with Crippen LogP contribution in [0.25, 0.3) is 21.0 Å². The minimum atomic E-state index is -1.12. The highest BCUT2D eigenvalue weighted by Crippen LogP contribution is 2.24. The molecule has 7 heteroatoms. The van der Waals surface area contributed by atoms with Gasteiger partial charge in [-0.15, -0.1) is 11.3 Å². The van der Waals surface area contributed by atoms with Crippen LogP contribution >= 0.6 is 11.3 Å². The molecule has 4 aromatic rings. The van der Waals surface area contributed by atoms with Crippen molar-refractivity contribution in [3.8, 4) is 0 Å². The lowest BCUT2D eigenvalue weighted by Crippen LogP contribution is -2.27. The number of rotatable bonds is 6. The number of hydrogen-bond donors (Lipinski definition) is 1. The van der Waals surface area contributed by atoms with E-state index < -0.39 is 5.97 Å². The molecule has 142 valence electrons. The summed E-state index contributed by atoms with van der Waals surface area (Å²) in [6, 6.07) is 13.9. The van der Waals surface area contributed by atoms with E-state index in [4.69, 9.17) is 4.74 Å². The smallest absolute Gasteiger partial charge is 0.337 e. The molecule has 28 heavy (non-hydrogen) atoms. The van der Waals surface area contributed by atoms with Gasteiger partial charge in [0.25, 0.3) is 5.56 Å². The number of carbonyl (C=O) groups is 1. The predicted molar refractivity (Wildman–Crippen MR) is 109 cm³/mol. The fourth-order valence-corrected chi connectivity index (χ4v) is 4.29. The Morgan fingerprint density at radius 1 is 1.21 bits per heavy atom. The summed E-state index contributed by atoms with van der Waals surface area (Å²) >= 11 is 1.18. The Hall–Kier alpha value is -3.03. The molecule has 0 aliphatic rings. The quantitative estimate of drug-likeness (QED) is 0.541. The van der Waals surface area contributed by atoms with Crippen molar-refractivity contribution < 1.29 is 14.6 Å². The lowest BCUT2D eigenvalue weighted by Gasteiger charge is -2.14. The van der Waals surface area contributed by atoms with E-state index in [1.54, 1.807) is 11.7 Å². The topological polar surface area (TPSA) is 81.4 Å². The molecule has 0 aliphatic carbocycles. The summed E-state index contributed by atoms with van der Waals surface area (Å²) in [6.07, 6.45) is 0.465. The molecule has 4 rings (SSSR count). The molecule has 0 amide bonds. The third-order valence-electron chi connectivity index (χ3n) is 4.74. The highest BCUT2D eigenvalue weighted by molar-refractivity contribution is 7.17. The van der Waals surface area contributed by atoms with E-state index in [1.165, 1.54) is 16.7 Å². The number of aromatic nitrogens is 2. The monoisotopic (exact) mass is 394 g/mol. The lowest BCUT2D eigenvalue weighted by molar-refractivity contribution is 0.0699. The number of fused-ring (bicyclic) bond motifs is 2. The average Bonchev–Trinajstić information content (AvgIpc) is 3.13. The van der Waals surface area contributed by atoms with Gasteiger partial charge in [-0.25, -0.2) is 9.78 Å². The minimum Gasteiger partial charge on any atom is -0.478 e. The molecular formula is C21H18N2O4S. The summed E-state index contributed by atoms with van der Waals surface area (Å²) in [7, 11) is 1.60. The Morgan fingerprint density at radius 3 is 2.79 bits per heavy atom. The van der Waals surface area contributed by atoms with Gasteiger partial charge < -0.3 is 9.84 Å². The Bertz CT molecular complexity index is 1240. The van der Waals surface area contributed by atoms with Crippen LogP contribution in [0, 0.1) is 0 Å². The van der Waals surface area contributed by atoms with Gasteiger partial charge in [0.15, 0.2) is 0 Å². The van der Waals surface area contributed by atoms with Crippen LogP contribution in [0.3, 0.4) is 0 Å². The SMILES string of the molecule is COCCc1nc2scc(C(=O)O)c2c(=O)n1Cc1cccc2ccccc12. The largest absolute Gasteiger partial charge is 0.478 e. The van der Waals surface area contributed by atoms with E-state index in [0.717, 1.165) is 16.3 Å². The zero-order valence-electron chi connectivity index (χ0n) is 15.2. The highest BCUT2D eigenvalue weighted by atomic mass is 32.1.